The Kier molecular flexibility index (Phi) is 41.5. The van der Waals surface area contributed by atoms with E-state index in [2.05, 4.69) is 95.6 Å². The van der Waals surface area contributed by atoms with E-state index in [1.807, 2.05) is 60.7 Å². The minimum atomic E-state index is -4.38. The fourth-order valence-corrected chi connectivity index (χ4v) is 14.3. The number of ether oxygens (including phenoxy) is 1. The van der Waals surface area contributed by atoms with Gasteiger partial charge in [0, 0.05) is 84.9 Å². The largest absolute Gasteiger partial charge is 0.748 e. The number of allylic oxidation sites excluding steroid dienone is 7. The first-order valence-electron chi connectivity index (χ1n) is 35.9. The first-order valence-corrected chi connectivity index (χ1v) is 42.1. The summed E-state index contributed by atoms with van der Waals surface area (Å²) in [4.78, 5) is 95.4. The number of carboxylic acid groups (broad SMARTS) is 2. The normalized spacial score (nSPS) is 15.3. The molecule has 6 N–H and O–H groups in total. The molecule has 4 aromatic rings. The van der Waals surface area contributed by atoms with Gasteiger partial charge in [-0.1, -0.05) is 124 Å². The molecule has 3 atom stereocenters. The van der Waals surface area contributed by atoms with Crippen LogP contribution in [0.1, 0.15) is 179 Å². The van der Waals surface area contributed by atoms with E-state index in [-0.39, 0.29) is 81.0 Å². The van der Waals surface area contributed by atoms with Crippen molar-refractivity contribution in [2.24, 2.45) is 5.92 Å². The maximum atomic E-state index is 14.3. The summed E-state index contributed by atoms with van der Waals surface area (Å²) in [6, 6.07) is 29.7. The Labute approximate surface area is 656 Å². The van der Waals surface area contributed by atoms with E-state index in [4.69, 9.17) is 52.2 Å². The fraction of sp³-hybridized carbons (Fsp3) is 0.474. The topological polar surface area (TPSA) is 494 Å². The predicted octanol–water partition coefficient (Wildman–Crippen LogP) is 8.70. The molecule has 36 heteroatoms. The molecule has 1 aliphatic carbocycles. The van der Waals surface area contributed by atoms with Crippen molar-refractivity contribution in [1.29, 1.82) is 0 Å². The molecule has 3 amide bonds. The lowest BCUT2D eigenvalue weighted by atomic mass is 9.81. The molecule has 4 aromatic carbocycles. The van der Waals surface area contributed by atoms with E-state index in [0.717, 1.165) is 82.7 Å². The molecule has 2 aliphatic heterocycles. The highest BCUT2D eigenvalue weighted by Crippen LogP contribution is 2.48. The van der Waals surface area contributed by atoms with Gasteiger partial charge in [0.05, 0.1) is 33.2 Å². The van der Waals surface area contributed by atoms with Gasteiger partial charge >= 0.3 is 55.9 Å². The van der Waals surface area contributed by atoms with Gasteiger partial charge in [0.1, 0.15) is 29.9 Å². The monoisotopic (exact) mass is 1660 g/mol. The Morgan fingerprint density at radius 1 is 0.616 bits per heavy atom. The highest BCUT2D eigenvalue weighted by Gasteiger charge is 2.44. The number of hydrogen-bond donors (Lipinski definition) is 6. The van der Waals surface area contributed by atoms with Crippen LogP contribution in [0.3, 0.4) is 0 Å². The number of fused-ring (bicyclic) bond motifs is 2. The smallest absolute Gasteiger partial charge is 0.425 e. The first kappa shape index (κ1) is 96.4. The lowest BCUT2D eigenvalue weighted by molar-refractivity contribution is -0.438. The Hall–Kier alpha value is -9.81. The number of urea groups is 1. The van der Waals surface area contributed by atoms with E-state index in [1.54, 1.807) is 38.1 Å². The summed E-state index contributed by atoms with van der Waals surface area (Å²) in [5.74, 6) is -3.96. The zero-order chi connectivity index (χ0) is 83.9. The van der Waals surface area contributed by atoms with Crippen LogP contribution in [0.25, 0.3) is 0 Å². The van der Waals surface area contributed by atoms with Gasteiger partial charge in [0.2, 0.25) is 11.6 Å². The summed E-state index contributed by atoms with van der Waals surface area (Å²) in [5, 5.41) is 28.0. The summed E-state index contributed by atoms with van der Waals surface area (Å²) < 4.78 is 153. The number of para-hydroxylation sites is 2. The van der Waals surface area contributed by atoms with E-state index < -0.39 is 110 Å². The molecule has 0 bridgehead atoms. The van der Waals surface area contributed by atoms with Crippen molar-refractivity contribution in [3.8, 4) is 5.75 Å². The number of unbranched alkanes of at least 4 members (excludes halogenated alkanes) is 7. The van der Waals surface area contributed by atoms with Crippen LogP contribution in [0.15, 0.2) is 150 Å². The van der Waals surface area contributed by atoms with Crippen molar-refractivity contribution in [2.45, 2.75) is 199 Å². The van der Waals surface area contributed by atoms with Crippen LogP contribution in [-0.4, -0.2) is 169 Å². The molecule has 0 saturated carbocycles. The zero-order valence-electron chi connectivity index (χ0n) is 63.1. The Bertz CT molecular complexity index is 4620. The molecule has 0 saturated heterocycles. The Morgan fingerprint density at radius 3 is 1.75 bits per heavy atom. The molecule has 31 nitrogen and oxygen atoms in total. The number of carboxylic acids is 2. The highest BCUT2D eigenvalue weighted by molar-refractivity contribution is 7.86. The molecule has 3 aliphatic rings. The quantitative estimate of drug-likeness (QED) is 0.0138. The molecule has 7 rings (SSSR count). The van der Waals surface area contributed by atoms with E-state index in [9.17, 15) is 64.9 Å². The number of nitrogens with one attached hydrogen (secondary N) is 3. The number of nitrogens with zero attached hydrogens (tertiary/aromatic N) is 2. The van der Waals surface area contributed by atoms with Crippen LogP contribution in [0.4, 0.5) is 16.2 Å². The number of anilines is 1. The van der Waals surface area contributed by atoms with Gasteiger partial charge in [0.15, 0.2) is 11.5 Å². The number of amides is 3. The Morgan fingerprint density at radius 2 is 1.17 bits per heavy atom. The van der Waals surface area contributed by atoms with Gasteiger partial charge in [-0.15, -0.1) is 37.9 Å². The van der Waals surface area contributed by atoms with Gasteiger partial charge in [-0.3, -0.25) is 23.7 Å². The Balaban J connectivity index is 0.00000199. The molecule has 0 radical (unpaired) electrons. The molecular formula is C76H97N5O26S5. The number of carbonyl (C=O) groups excluding carboxylic acids is 6. The highest BCUT2D eigenvalue weighted by atomic mass is 32.2. The van der Waals surface area contributed by atoms with Crippen LogP contribution in [0.5, 0.6) is 5.75 Å². The average Bonchev–Trinajstić information content (AvgIpc) is 1.60. The zero-order valence-corrected chi connectivity index (χ0v) is 67.2. The third-order valence-corrected chi connectivity index (χ3v) is 19.9. The second kappa shape index (κ2) is 48.2. The summed E-state index contributed by atoms with van der Waals surface area (Å²) in [6.07, 6.45) is 16.9. The lowest BCUT2D eigenvalue weighted by Crippen LogP contribution is -2.48. The standard InChI is InChI=1S/C75H97N5O15S2.CO2.3O3S/c1-52(2)76-73(88)78-62(72(86)87)42-39-58(81)29-14-9-7-8-10-15-34-69(83)77-63(50-53-25-12-11-13-26-53)66(82)51-57(71(84)85)49-54-35-40-59(41-36-54)95-70-55(37-43-67-74(3,4)60-30-16-18-32-64(60)79(67)45-20-22-47-96(89,90)91)27-24-28-56(70)38-44-68-75(5,6)61-31-17-19-33-65(61)80(68)46-21-23-48-97(92,93)94;2-1-3;3*1-4(2)3/h11-13,16-19,25-26,30-33,35-38,40-41,43-44,52,57,62-63H,7-10,14-15,20-24,27-29,34,39,42,45-51H2,1-6H3,(H6-,76,77,78,83,84,85,86,87,88,89,90,91,92,93,94);;;;/t57-,62+,63+;;;;/m1..../s1. The number of hydrogen-bond acceptors (Lipinski definition) is 24. The van der Waals surface area contributed by atoms with Crippen LogP contribution >= 0.6 is 0 Å². The van der Waals surface area contributed by atoms with Crippen LogP contribution in [-0.2, 0) is 109 Å². The van der Waals surface area contributed by atoms with Crippen molar-refractivity contribution < 1.29 is 122 Å². The summed E-state index contributed by atoms with van der Waals surface area (Å²) in [5.41, 5.74) is 8.61. The second-order valence-electron chi connectivity index (χ2n) is 27.7. The summed E-state index contributed by atoms with van der Waals surface area (Å²) >= 11 is 0. The number of Topliss-reactive ketones (excluding diaryl/α,β-unsaturated/α-hetero) is 2. The maximum Gasteiger partial charge on any atom is 0.425 e. The number of carbonyl (C=O) groups is 6. The molecule has 0 unspecified atom stereocenters. The number of aliphatic carboxylic acids is 2. The van der Waals surface area contributed by atoms with Gasteiger partial charge < -0.3 is 40.4 Å². The fourth-order valence-electron chi connectivity index (χ4n) is 13.1. The molecule has 2 heterocycles. The van der Waals surface area contributed by atoms with Gasteiger partial charge in [-0.2, -0.15) is 22.6 Å². The van der Waals surface area contributed by atoms with Crippen molar-refractivity contribution in [2.75, 3.05) is 29.5 Å². The van der Waals surface area contributed by atoms with Crippen molar-refractivity contribution >= 4 is 111 Å². The van der Waals surface area contributed by atoms with E-state index in [1.165, 1.54) is 0 Å². The number of ketones is 2. The SMILES string of the molecule is CC(C)NC(=O)N[C@@H](CCC(=O)CCCCCCCCC(=O)N[C@@H](Cc1ccccc1)C(=O)C[C@@H](Cc1ccc(OC2=C(C=CC3=[N+](CCCCS(=O)(=O)O)c4ccccc4C3(C)C)CCCC2=CC=C2N(CCCCS(=O)(=O)[O-])c3ccccc3C2(C)C)cc1)C(=O)O)C(=O)O.O=C=O.O=S(=O)=O.O=S(=O)=O.O=S(=O)=O. The average molecular weight is 1660 g/mol. The second-order valence-corrected chi connectivity index (χ2v) is 32.1. The first-order chi connectivity index (χ1) is 52.6. The minimum Gasteiger partial charge on any atom is -0.748 e. The van der Waals surface area contributed by atoms with Gasteiger partial charge in [0.25, 0.3) is 10.1 Å². The van der Waals surface area contributed by atoms with Crippen LogP contribution in [0.2, 0.25) is 0 Å². The molecular weight excluding hydrogens is 1560 g/mol. The third kappa shape index (κ3) is 35.7. The lowest BCUT2D eigenvalue weighted by Gasteiger charge is -2.28. The minimum absolute atomic E-state index is 0.00480. The summed E-state index contributed by atoms with van der Waals surface area (Å²) in [7, 11) is -17.8. The van der Waals surface area contributed by atoms with Gasteiger partial charge in [-0.25, -0.2) is 18.0 Å². The van der Waals surface area contributed by atoms with E-state index >= 15 is 0 Å². The van der Waals surface area contributed by atoms with E-state index in [0.29, 0.717) is 75.1 Å². The predicted molar refractivity (Wildman–Crippen MR) is 409 cm³/mol. The molecule has 0 aromatic heterocycles. The molecule has 612 valence electrons. The van der Waals surface area contributed by atoms with Crippen molar-refractivity contribution in [3.05, 3.63) is 172 Å². The molecule has 0 spiro atoms. The summed E-state index contributed by atoms with van der Waals surface area (Å²) in [6.45, 7) is 13.1. The number of rotatable bonds is 39. The van der Waals surface area contributed by atoms with Crippen LogP contribution in [0, 0.1) is 5.92 Å². The van der Waals surface area contributed by atoms with Crippen molar-refractivity contribution in [3.63, 3.8) is 0 Å². The molecule has 0 fully saturated rings. The molecule has 112 heavy (non-hydrogen) atoms. The van der Waals surface area contributed by atoms with Gasteiger partial charge in [-0.05, 0) is 157 Å². The third-order valence-electron chi connectivity index (χ3n) is 18.3. The number of benzene rings is 4. The van der Waals surface area contributed by atoms with Crippen LogP contribution < -0.4 is 25.6 Å². The van der Waals surface area contributed by atoms with Crippen molar-refractivity contribution in [1.82, 2.24) is 16.0 Å². The maximum absolute atomic E-state index is 14.3.